The van der Waals surface area contributed by atoms with Gasteiger partial charge >= 0.3 is 0 Å². The monoisotopic (exact) mass is 436 g/mol. The van der Waals surface area contributed by atoms with Crippen molar-refractivity contribution in [2.75, 3.05) is 14.2 Å². The Bertz CT molecular complexity index is 933. The highest BCUT2D eigenvalue weighted by atomic mass is 16.5. The standard InChI is InChI=1S/C26H32N2O4/c1-31-20-10-6-18(7-11-20)24-22(14-15-23(29)28-24)27-25(30)26(16-4-3-5-17-26)19-8-12-21(32-2)13-9-19/h6-13,22,24H,3-5,14-17H2,1-2H3,(H,27,30)(H,28,29). The fraction of sp³-hybridized carbons (Fsp3) is 0.462. The van der Waals surface area contributed by atoms with Gasteiger partial charge in [-0.05, 0) is 54.7 Å². The number of nitrogens with one attached hydrogen (secondary N) is 2. The van der Waals surface area contributed by atoms with Crippen molar-refractivity contribution in [3.8, 4) is 11.5 Å². The average molecular weight is 437 g/mol. The summed E-state index contributed by atoms with van der Waals surface area (Å²) in [7, 11) is 3.28. The number of rotatable bonds is 6. The van der Waals surface area contributed by atoms with Crippen LogP contribution in [0.4, 0.5) is 0 Å². The van der Waals surface area contributed by atoms with Gasteiger partial charge in [-0.1, -0.05) is 43.5 Å². The second-order valence-electron chi connectivity index (χ2n) is 8.81. The molecule has 2 aromatic carbocycles. The van der Waals surface area contributed by atoms with E-state index in [0.717, 1.165) is 54.7 Å². The van der Waals surface area contributed by atoms with E-state index in [4.69, 9.17) is 9.47 Å². The maximum Gasteiger partial charge on any atom is 0.230 e. The third kappa shape index (κ3) is 4.45. The molecule has 2 unspecified atom stereocenters. The molecule has 32 heavy (non-hydrogen) atoms. The third-order valence-electron chi connectivity index (χ3n) is 6.98. The fourth-order valence-electron chi connectivity index (χ4n) is 5.10. The Hall–Kier alpha value is -3.02. The predicted octanol–water partition coefficient (Wildman–Crippen LogP) is 4.04. The molecule has 2 amide bonds. The molecule has 2 aliphatic rings. The number of piperidine rings is 1. The van der Waals surface area contributed by atoms with Crippen LogP contribution in [0.25, 0.3) is 0 Å². The van der Waals surface area contributed by atoms with Crippen LogP contribution in [0.1, 0.15) is 62.1 Å². The van der Waals surface area contributed by atoms with Crippen LogP contribution in [0.2, 0.25) is 0 Å². The first kappa shape index (κ1) is 22.2. The molecular formula is C26H32N2O4. The van der Waals surface area contributed by atoms with E-state index in [0.29, 0.717) is 12.8 Å². The fourth-order valence-corrected chi connectivity index (χ4v) is 5.10. The van der Waals surface area contributed by atoms with Gasteiger partial charge in [0.1, 0.15) is 11.5 Å². The van der Waals surface area contributed by atoms with Gasteiger partial charge in [-0.2, -0.15) is 0 Å². The van der Waals surface area contributed by atoms with Gasteiger partial charge in [0.05, 0.1) is 31.7 Å². The van der Waals surface area contributed by atoms with Crippen LogP contribution in [0.15, 0.2) is 48.5 Å². The van der Waals surface area contributed by atoms with Crippen molar-refractivity contribution in [3.05, 3.63) is 59.7 Å². The van der Waals surface area contributed by atoms with Crippen molar-refractivity contribution in [1.29, 1.82) is 0 Å². The van der Waals surface area contributed by atoms with Crippen LogP contribution < -0.4 is 20.1 Å². The topological polar surface area (TPSA) is 76.7 Å². The molecule has 1 aliphatic carbocycles. The van der Waals surface area contributed by atoms with Gasteiger partial charge in [0, 0.05) is 6.42 Å². The van der Waals surface area contributed by atoms with Crippen molar-refractivity contribution < 1.29 is 19.1 Å². The van der Waals surface area contributed by atoms with Crippen molar-refractivity contribution in [3.63, 3.8) is 0 Å². The molecule has 1 aliphatic heterocycles. The van der Waals surface area contributed by atoms with Crippen LogP contribution in [0.5, 0.6) is 11.5 Å². The molecule has 4 rings (SSSR count). The molecular weight excluding hydrogens is 404 g/mol. The molecule has 170 valence electrons. The largest absolute Gasteiger partial charge is 0.497 e. The van der Waals surface area contributed by atoms with Gasteiger partial charge in [-0.25, -0.2) is 0 Å². The smallest absolute Gasteiger partial charge is 0.230 e. The van der Waals surface area contributed by atoms with E-state index in [1.54, 1.807) is 14.2 Å². The average Bonchev–Trinajstić information content (AvgIpc) is 2.85. The van der Waals surface area contributed by atoms with Gasteiger partial charge in [0.2, 0.25) is 11.8 Å². The minimum atomic E-state index is -0.545. The highest BCUT2D eigenvalue weighted by Gasteiger charge is 2.43. The molecule has 1 heterocycles. The molecule has 0 bridgehead atoms. The first-order valence-electron chi connectivity index (χ1n) is 11.4. The number of carbonyl (C=O) groups is 2. The quantitative estimate of drug-likeness (QED) is 0.717. The molecule has 2 N–H and O–H groups in total. The number of carbonyl (C=O) groups excluding carboxylic acids is 2. The molecule has 0 radical (unpaired) electrons. The van der Waals surface area contributed by atoms with E-state index < -0.39 is 5.41 Å². The van der Waals surface area contributed by atoms with Crippen LogP contribution in [0, 0.1) is 0 Å². The summed E-state index contributed by atoms with van der Waals surface area (Å²) in [5.41, 5.74) is 1.46. The molecule has 0 aromatic heterocycles. The minimum absolute atomic E-state index is 0.0128. The SMILES string of the molecule is COc1ccc(C2NC(=O)CCC2NC(=O)C2(c3ccc(OC)cc3)CCCCC2)cc1. The molecule has 1 saturated heterocycles. The van der Waals surface area contributed by atoms with Crippen LogP contribution in [0.3, 0.4) is 0 Å². The molecule has 2 fully saturated rings. The highest BCUT2D eigenvalue weighted by Crippen LogP contribution is 2.41. The number of hydrogen-bond acceptors (Lipinski definition) is 4. The Morgan fingerprint density at radius 1 is 0.938 bits per heavy atom. The summed E-state index contributed by atoms with van der Waals surface area (Å²) in [6.45, 7) is 0. The molecule has 6 nitrogen and oxygen atoms in total. The van der Waals surface area contributed by atoms with Crippen molar-refractivity contribution in [2.24, 2.45) is 0 Å². The van der Waals surface area contributed by atoms with E-state index >= 15 is 0 Å². The van der Waals surface area contributed by atoms with E-state index in [1.165, 1.54) is 0 Å². The number of benzene rings is 2. The van der Waals surface area contributed by atoms with Gasteiger partial charge in [0.15, 0.2) is 0 Å². The lowest BCUT2D eigenvalue weighted by Gasteiger charge is -2.40. The van der Waals surface area contributed by atoms with Crippen molar-refractivity contribution >= 4 is 11.8 Å². The van der Waals surface area contributed by atoms with Crippen molar-refractivity contribution in [2.45, 2.75) is 62.4 Å². The number of amides is 2. The van der Waals surface area contributed by atoms with E-state index in [-0.39, 0.29) is 23.9 Å². The molecule has 6 heteroatoms. The Morgan fingerprint density at radius 3 is 2.12 bits per heavy atom. The van der Waals surface area contributed by atoms with Crippen molar-refractivity contribution in [1.82, 2.24) is 10.6 Å². The Kier molecular flexibility index (Phi) is 6.68. The summed E-state index contributed by atoms with van der Waals surface area (Å²) >= 11 is 0. The Morgan fingerprint density at radius 2 is 1.53 bits per heavy atom. The first-order valence-corrected chi connectivity index (χ1v) is 11.4. The lowest BCUT2D eigenvalue weighted by Crippen LogP contribution is -2.55. The van der Waals surface area contributed by atoms with Crippen LogP contribution in [-0.4, -0.2) is 32.1 Å². The van der Waals surface area contributed by atoms with E-state index in [9.17, 15) is 9.59 Å². The maximum atomic E-state index is 13.8. The number of methoxy groups -OCH3 is 2. The molecule has 2 atom stereocenters. The Labute approximate surface area is 189 Å². The number of ether oxygens (including phenoxy) is 2. The summed E-state index contributed by atoms with van der Waals surface area (Å²) in [6, 6.07) is 15.2. The molecule has 2 aromatic rings. The van der Waals surface area contributed by atoms with Gasteiger partial charge in [0.25, 0.3) is 0 Å². The summed E-state index contributed by atoms with van der Waals surface area (Å²) in [6.07, 6.45) is 5.90. The summed E-state index contributed by atoms with van der Waals surface area (Å²) in [5.74, 6) is 1.62. The number of hydrogen-bond donors (Lipinski definition) is 2. The second kappa shape index (κ2) is 9.63. The lowest BCUT2D eigenvalue weighted by molar-refractivity contribution is -0.131. The first-order chi connectivity index (χ1) is 15.6. The van der Waals surface area contributed by atoms with E-state index in [2.05, 4.69) is 10.6 Å². The third-order valence-corrected chi connectivity index (χ3v) is 6.98. The second-order valence-corrected chi connectivity index (χ2v) is 8.81. The Balaban J connectivity index is 1.59. The highest BCUT2D eigenvalue weighted by molar-refractivity contribution is 5.89. The van der Waals surface area contributed by atoms with Gasteiger partial charge in [-0.3, -0.25) is 9.59 Å². The van der Waals surface area contributed by atoms with Crippen LogP contribution >= 0.6 is 0 Å². The van der Waals surface area contributed by atoms with Crippen LogP contribution in [-0.2, 0) is 15.0 Å². The zero-order valence-corrected chi connectivity index (χ0v) is 18.9. The zero-order chi connectivity index (χ0) is 22.6. The molecule has 1 saturated carbocycles. The molecule has 0 spiro atoms. The van der Waals surface area contributed by atoms with Gasteiger partial charge in [-0.15, -0.1) is 0 Å². The summed E-state index contributed by atoms with van der Waals surface area (Å²) in [5, 5.41) is 6.42. The van der Waals surface area contributed by atoms with E-state index in [1.807, 2.05) is 48.5 Å². The normalized spacial score (nSPS) is 22.5. The zero-order valence-electron chi connectivity index (χ0n) is 18.9. The lowest BCUT2D eigenvalue weighted by atomic mass is 9.68. The summed E-state index contributed by atoms with van der Waals surface area (Å²) < 4.78 is 10.6. The minimum Gasteiger partial charge on any atom is -0.497 e. The summed E-state index contributed by atoms with van der Waals surface area (Å²) in [4.78, 5) is 26.0. The van der Waals surface area contributed by atoms with Gasteiger partial charge < -0.3 is 20.1 Å². The predicted molar refractivity (Wildman–Crippen MR) is 123 cm³/mol. The maximum absolute atomic E-state index is 13.8.